The number of hydrogen-bond donors (Lipinski definition) is 1. The van der Waals surface area contributed by atoms with E-state index in [0.29, 0.717) is 44.4 Å². The molecule has 1 aromatic carbocycles. The molecule has 1 atom stereocenters. The fourth-order valence-corrected chi connectivity index (χ4v) is 2.67. The molecule has 1 fully saturated rings. The molecule has 24 heavy (non-hydrogen) atoms. The molecule has 1 aromatic rings. The minimum absolute atomic E-state index is 0. The highest BCUT2D eigenvalue weighted by atomic mass is 35.5. The van der Waals surface area contributed by atoms with Crippen molar-refractivity contribution < 1.29 is 26.3 Å². The molecule has 2 nitrogen and oxygen atoms in total. The van der Waals surface area contributed by atoms with Gasteiger partial charge in [-0.25, -0.2) is 0 Å². The zero-order chi connectivity index (χ0) is 17.3. The van der Waals surface area contributed by atoms with Gasteiger partial charge in [-0.3, -0.25) is 4.90 Å². The fraction of sp³-hybridized carbons (Fsp3) is 0.467. The second kappa shape index (κ2) is 7.76. The van der Waals surface area contributed by atoms with Crippen molar-refractivity contribution in [3.05, 3.63) is 47.5 Å². The number of benzene rings is 1. The van der Waals surface area contributed by atoms with E-state index in [2.05, 4.69) is 11.9 Å². The number of hydrogen-bond acceptors (Lipinski definition) is 2. The second-order valence-electron chi connectivity index (χ2n) is 5.26. The minimum Gasteiger partial charge on any atom is -0.314 e. The summed E-state index contributed by atoms with van der Waals surface area (Å²) in [6, 6.07) is 0.620. The third-order valence-corrected chi connectivity index (χ3v) is 3.77. The maximum absolute atomic E-state index is 13.2. The molecule has 1 aliphatic rings. The van der Waals surface area contributed by atoms with Crippen molar-refractivity contribution in [2.24, 2.45) is 0 Å². The van der Waals surface area contributed by atoms with Gasteiger partial charge < -0.3 is 5.32 Å². The first kappa shape index (κ1) is 20.8. The largest absolute Gasteiger partial charge is 0.416 e. The van der Waals surface area contributed by atoms with Crippen LogP contribution in [0.4, 0.5) is 26.3 Å². The van der Waals surface area contributed by atoms with Crippen LogP contribution in [0.2, 0.25) is 0 Å². The smallest absolute Gasteiger partial charge is 0.314 e. The Kier molecular flexibility index (Phi) is 6.72. The van der Waals surface area contributed by atoms with Crippen LogP contribution in [0.15, 0.2) is 30.9 Å². The average molecular weight is 375 g/mol. The summed E-state index contributed by atoms with van der Waals surface area (Å²) in [5.41, 5.74) is -2.57. The van der Waals surface area contributed by atoms with Crippen LogP contribution in [0, 0.1) is 0 Å². The number of nitrogens with one attached hydrogen (secondary N) is 1. The van der Waals surface area contributed by atoms with Gasteiger partial charge >= 0.3 is 12.4 Å². The van der Waals surface area contributed by atoms with E-state index in [4.69, 9.17) is 0 Å². The molecule has 0 saturated carbocycles. The van der Waals surface area contributed by atoms with Gasteiger partial charge in [-0.05, 0) is 23.8 Å². The number of rotatable bonds is 3. The van der Waals surface area contributed by atoms with Crippen molar-refractivity contribution >= 4 is 12.4 Å². The van der Waals surface area contributed by atoms with Gasteiger partial charge in [-0.15, -0.1) is 19.0 Å². The molecular formula is C15H17ClF6N2. The Hall–Kier alpha value is -1.25. The molecule has 1 saturated heterocycles. The van der Waals surface area contributed by atoms with E-state index in [-0.39, 0.29) is 12.4 Å². The molecule has 0 bridgehead atoms. The highest BCUT2D eigenvalue weighted by molar-refractivity contribution is 5.85. The molecule has 0 radical (unpaired) electrons. The molecule has 9 heteroatoms. The van der Waals surface area contributed by atoms with Crippen LogP contribution in [0.1, 0.15) is 22.7 Å². The molecule has 0 unspecified atom stereocenters. The highest BCUT2D eigenvalue weighted by Gasteiger charge is 2.39. The van der Waals surface area contributed by atoms with Gasteiger partial charge in [0.25, 0.3) is 0 Å². The quantitative estimate of drug-likeness (QED) is 0.627. The van der Waals surface area contributed by atoms with Gasteiger partial charge in [0, 0.05) is 26.2 Å². The predicted octanol–water partition coefficient (Wildman–Crippen LogP) is 4.28. The topological polar surface area (TPSA) is 15.3 Å². The van der Waals surface area contributed by atoms with Crippen LogP contribution in [-0.2, 0) is 12.4 Å². The van der Waals surface area contributed by atoms with Gasteiger partial charge in [0.1, 0.15) is 0 Å². The molecule has 136 valence electrons. The summed E-state index contributed by atoms with van der Waals surface area (Å²) < 4.78 is 78.2. The van der Waals surface area contributed by atoms with Gasteiger partial charge in [-0.2, -0.15) is 26.3 Å². The summed E-state index contributed by atoms with van der Waals surface area (Å²) in [6.45, 7) is 5.51. The number of piperazine rings is 1. The molecular weight excluding hydrogens is 358 g/mol. The summed E-state index contributed by atoms with van der Waals surface area (Å²) >= 11 is 0. The van der Waals surface area contributed by atoms with Gasteiger partial charge in [-0.1, -0.05) is 6.08 Å². The molecule has 1 heterocycles. The Morgan fingerprint density at radius 1 is 1.04 bits per heavy atom. The second-order valence-corrected chi connectivity index (χ2v) is 5.26. The van der Waals surface area contributed by atoms with Crippen molar-refractivity contribution in [2.75, 3.05) is 26.2 Å². The Morgan fingerprint density at radius 2 is 1.62 bits per heavy atom. The summed E-state index contributed by atoms with van der Waals surface area (Å²) in [6.07, 6.45) is -8.17. The molecule has 0 aliphatic carbocycles. The van der Waals surface area contributed by atoms with Crippen molar-refractivity contribution in [3.8, 4) is 0 Å². The van der Waals surface area contributed by atoms with Crippen LogP contribution >= 0.6 is 12.4 Å². The third-order valence-electron chi connectivity index (χ3n) is 3.77. The Balaban J connectivity index is 0.00000288. The summed E-state index contributed by atoms with van der Waals surface area (Å²) in [5.74, 6) is 0. The SMILES string of the molecule is C=C[C@@H](c1cc(C(F)(F)F)ccc1C(F)(F)F)N1CCNCC1.Cl. The predicted molar refractivity (Wildman–Crippen MR) is 81.1 cm³/mol. The van der Waals surface area contributed by atoms with Crippen LogP contribution in [0.25, 0.3) is 0 Å². The Morgan fingerprint density at radius 3 is 2.08 bits per heavy atom. The number of alkyl halides is 6. The summed E-state index contributed by atoms with van der Waals surface area (Å²) in [4.78, 5) is 1.69. The van der Waals surface area contributed by atoms with Gasteiger partial charge in [0.15, 0.2) is 0 Å². The summed E-state index contributed by atoms with van der Waals surface area (Å²) in [5, 5.41) is 3.05. The number of halogens is 7. The zero-order valence-corrected chi connectivity index (χ0v) is 13.4. The molecule has 1 aliphatic heterocycles. The minimum atomic E-state index is -4.73. The Bertz CT molecular complexity index is 564. The lowest BCUT2D eigenvalue weighted by Crippen LogP contribution is -2.45. The maximum atomic E-state index is 13.2. The van der Waals surface area contributed by atoms with E-state index in [0.717, 1.165) is 0 Å². The van der Waals surface area contributed by atoms with Gasteiger partial charge in [0.2, 0.25) is 0 Å². The Labute approximate surface area is 141 Å². The monoisotopic (exact) mass is 374 g/mol. The molecule has 2 rings (SSSR count). The third kappa shape index (κ3) is 4.64. The van der Waals surface area contributed by atoms with E-state index in [9.17, 15) is 26.3 Å². The lowest BCUT2D eigenvalue weighted by Gasteiger charge is -2.34. The molecule has 1 N–H and O–H groups in total. The van der Waals surface area contributed by atoms with E-state index in [1.807, 2.05) is 0 Å². The van der Waals surface area contributed by atoms with Crippen molar-refractivity contribution in [3.63, 3.8) is 0 Å². The van der Waals surface area contributed by atoms with Crippen LogP contribution in [0.3, 0.4) is 0 Å². The van der Waals surface area contributed by atoms with Crippen LogP contribution < -0.4 is 5.32 Å². The van der Waals surface area contributed by atoms with Crippen molar-refractivity contribution in [1.29, 1.82) is 0 Å². The van der Waals surface area contributed by atoms with Crippen molar-refractivity contribution in [2.45, 2.75) is 18.4 Å². The van der Waals surface area contributed by atoms with Crippen LogP contribution in [0.5, 0.6) is 0 Å². The molecule has 0 spiro atoms. The first-order valence-electron chi connectivity index (χ1n) is 7.00. The molecule has 0 aromatic heterocycles. The normalized spacial score (nSPS) is 17.9. The van der Waals surface area contributed by atoms with Crippen molar-refractivity contribution in [1.82, 2.24) is 10.2 Å². The lowest BCUT2D eigenvalue weighted by molar-refractivity contribution is -0.142. The zero-order valence-electron chi connectivity index (χ0n) is 12.5. The van der Waals surface area contributed by atoms with Gasteiger partial charge in [0.05, 0.1) is 17.2 Å². The highest BCUT2D eigenvalue weighted by Crippen LogP contribution is 2.40. The summed E-state index contributed by atoms with van der Waals surface area (Å²) in [7, 11) is 0. The maximum Gasteiger partial charge on any atom is 0.416 e. The van der Waals surface area contributed by atoms with E-state index < -0.39 is 35.1 Å². The average Bonchev–Trinajstić information content (AvgIpc) is 2.47. The first-order valence-corrected chi connectivity index (χ1v) is 7.00. The number of nitrogens with zero attached hydrogens (tertiary/aromatic N) is 1. The first-order chi connectivity index (χ1) is 10.6. The van der Waals surface area contributed by atoms with E-state index in [1.54, 1.807) is 4.90 Å². The molecule has 0 amide bonds. The van der Waals surface area contributed by atoms with E-state index in [1.165, 1.54) is 6.08 Å². The lowest BCUT2D eigenvalue weighted by atomic mass is 9.95. The van der Waals surface area contributed by atoms with Crippen LogP contribution in [-0.4, -0.2) is 31.1 Å². The standard InChI is InChI=1S/C15H16F6N2.ClH/c1-2-13(23-7-5-22-6-8-23)11-9-10(14(16,17)18)3-4-12(11)15(19,20)21;/h2-4,9,13,22H,1,5-8H2;1H/t13-;/m0./s1. The fourth-order valence-electron chi connectivity index (χ4n) is 2.67. The van der Waals surface area contributed by atoms with E-state index >= 15 is 0 Å².